The highest BCUT2D eigenvalue weighted by Crippen LogP contribution is 2.35. The van der Waals surface area contributed by atoms with Gasteiger partial charge in [0.05, 0.1) is 5.56 Å². The Morgan fingerprint density at radius 1 is 0.806 bits per heavy atom. The van der Waals surface area contributed by atoms with Gasteiger partial charge in [-0.05, 0) is 72.2 Å². The molecular formula is C27H27F3O. The molecule has 0 aliphatic heterocycles. The van der Waals surface area contributed by atoms with Gasteiger partial charge in [-0.3, -0.25) is 4.79 Å². The average Bonchev–Trinajstić information content (AvgIpc) is 2.71. The van der Waals surface area contributed by atoms with Gasteiger partial charge in [-0.15, -0.1) is 0 Å². The Bertz CT molecular complexity index is 1050. The van der Waals surface area contributed by atoms with Crippen molar-refractivity contribution in [3.8, 4) is 22.3 Å². The van der Waals surface area contributed by atoms with E-state index < -0.39 is 11.7 Å². The lowest BCUT2D eigenvalue weighted by molar-refractivity contribution is -0.137. The smallest absolute Gasteiger partial charge is 0.299 e. The maximum absolute atomic E-state index is 13.0. The SMILES string of the molecule is CC(=O)C(CC(C)C)c1cc(-c2ccc(C)cc2)cc(-c2ccc(C(F)(F)F)cc2)c1. The van der Waals surface area contributed by atoms with Crippen molar-refractivity contribution in [2.75, 3.05) is 0 Å². The van der Waals surface area contributed by atoms with Crippen LogP contribution < -0.4 is 0 Å². The van der Waals surface area contributed by atoms with E-state index in [1.54, 1.807) is 6.92 Å². The van der Waals surface area contributed by atoms with Crippen molar-refractivity contribution in [1.29, 1.82) is 0 Å². The Morgan fingerprint density at radius 3 is 1.71 bits per heavy atom. The lowest BCUT2D eigenvalue weighted by Gasteiger charge is -2.19. The van der Waals surface area contributed by atoms with Crippen molar-refractivity contribution in [2.45, 2.75) is 46.2 Å². The van der Waals surface area contributed by atoms with Crippen molar-refractivity contribution >= 4 is 5.78 Å². The summed E-state index contributed by atoms with van der Waals surface area (Å²) < 4.78 is 38.9. The quantitative estimate of drug-likeness (QED) is 0.391. The van der Waals surface area contributed by atoms with Crippen molar-refractivity contribution in [2.24, 2.45) is 5.92 Å². The predicted octanol–water partition coefficient (Wildman–Crippen LogP) is 8.07. The van der Waals surface area contributed by atoms with Gasteiger partial charge < -0.3 is 0 Å². The zero-order chi connectivity index (χ0) is 22.8. The second-order valence-corrected chi connectivity index (χ2v) is 8.58. The van der Waals surface area contributed by atoms with E-state index in [2.05, 4.69) is 13.8 Å². The average molecular weight is 425 g/mol. The molecule has 3 rings (SSSR count). The molecule has 0 bridgehead atoms. The van der Waals surface area contributed by atoms with Crippen molar-refractivity contribution in [1.82, 2.24) is 0 Å². The van der Waals surface area contributed by atoms with Crippen LogP contribution in [0, 0.1) is 12.8 Å². The highest BCUT2D eigenvalue weighted by Gasteiger charge is 2.30. The van der Waals surface area contributed by atoms with E-state index in [9.17, 15) is 18.0 Å². The molecule has 0 N–H and O–H groups in total. The monoisotopic (exact) mass is 424 g/mol. The molecule has 3 aromatic carbocycles. The molecule has 0 fully saturated rings. The van der Waals surface area contributed by atoms with Crippen LogP contribution in [0.3, 0.4) is 0 Å². The molecule has 1 atom stereocenters. The number of Topliss-reactive ketones (excluding diaryl/α,β-unsaturated/α-hetero) is 1. The van der Waals surface area contributed by atoms with Gasteiger partial charge in [-0.2, -0.15) is 13.2 Å². The fourth-order valence-electron chi connectivity index (χ4n) is 3.79. The minimum absolute atomic E-state index is 0.0909. The standard InChI is InChI=1S/C27H27F3O/c1-17(2)13-26(19(4)31)24-15-22(20-7-5-18(3)6-8-20)14-23(16-24)21-9-11-25(12-10-21)27(28,29)30/h5-12,14-17,26H,13H2,1-4H3. The van der Waals surface area contributed by atoms with Crippen molar-refractivity contribution in [3.63, 3.8) is 0 Å². The van der Waals surface area contributed by atoms with E-state index in [1.165, 1.54) is 12.1 Å². The molecule has 1 nitrogen and oxygen atoms in total. The fourth-order valence-corrected chi connectivity index (χ4v) is 3.79. The molecule has 0 saturated heterocycles. The van der Waals surface area contributed by atoms with Crippen LogP contribution in [0.2, 0.25) is 0 Å². The van der Waals surface area contributed by atoms with E-state index in [0.29, 0.717) is 11.5 Å². The van der Waals surface area contributed by atoms with Crippen LogP contribution in [0.4, 0.5) is 13.2 Å². The highest BCUT2D eigenvalue weighted by atomic mass is 19.4. The second kappa shape index (κ2) is 9.09. The molecule has 1 unspecified atom stereocenters. The Labute approximate surface area is 181 Å². The first-order valence-corrected chi connectivity index (χ1v) is 10.4. The summed E-state index contributed by atoms with van der Waals surface area (Å²) in [5.74, 6) is 0.179. The van der Waals surface area contributed by atoms with E-state index in [0.717, 1.165) is 46.4 Å². The highest BCUT2D eigenvalue weighted by molar-refractivity contribution is 5.85. The summed E-state index contributed by atoms with van der Waals surface area (Å²) in [6, 6.07) is 19.2. The number of hydrogen-bond acceptors (Lipinski definition) is 1. The van der Waals surface area contributed by atoms with Gasteiger partial charge in [0.25, 0.3) is 0 Å². The molecule has 0 aliphatic rings. The first-order valence-electron chi connectivity index (χ1n) is 10.4. The number of carbonyl (C=O) groups excluding carboxylic acids is 1. The summed E-state index contributed by atoms with van der Waals surface area (Å²) in [6.07, 6.45) is -3.65. The Kier molecular flexibility index (Phi) is 6.68. The zero-order valence-corrected chi connectivity index (χ0v) is 18.3. The normalized spacial score (nSPS) is 12.8. The van der Waals surface area contributed by atoms with Gasteiger partial charge in [0.2, 0.25) is 0 Å². The number of hydrogen-bond donors (Lipinski definition) is 0. The molecule has 0 radical (unpaired) electrons. The predicted molar refractivity (Wildman–Crippen MR) is 120 cm³/mol. The number of rotatable bonds is 6. The number of benzene rings is 3. The van der Waals surface area contributed by atoms with Gasteiger partial charge in [0, 0.05) is 5.92 Å². The number of alkyl halides is 3. The Balaban J connectivity index is 2.14. The zero-order valence-electron chi connectivity index (χ0n) is 18.3. The van der Waals surface area contributed by atoms with Crippen LogP contribution in [-0.2, 0) is 11.0 Å². The lowest BCUT2D eigenvalue weighted by atomic mass is 9.84. The van der Waals surface area contributed by atoms with E-state index in [4.69, 9.17) is 0 Å². The molecular weight excluding hydrogens is 397 g/mol. The number of halogens is 3. The maximum Gasteiger partial charge on any atom is 0.416 e. The van der Waals surface area contributed by atoms with Crippen molar-refractivity contribution < 1.29 is 18.0 Å². The molecule has 31 heavy (non-hydrogen) atoms. The summed E-state index contributed by atoms with van der Waals surface area (Å²) in [6.45, 7) is 7.78. The first-order chi connectivity index (χ1) is 14.5. The first kappa shape index (κ1) is 22.8. The third-order valence-electron chi connectivity index (χ3n) is 5.49. The van der Waals surface area contributed by atoms with Crippen LogP contribution in [-0.4, -0.2) is 5.78 Å². The number of ketones is 1. The van der Waals surface area contributed by atoms with E-state index >= 15 is 0 Å². The molecule has 3 aromatic rings. The molecule has 0 heterocycles. The largest absolute Gasteiger partial charge is 0.416 e. The third kappa shape index (κ3) is 5.63. The number of carbonyl (C=O) groups is 1. The summed E-state index contributed by atoms with van der Waals surface area (Å²) >= 11 is 0. The molecule has 0 aromatic heterocycles. The van der Waals surface area contributed by atoms with Crippen LogP contribution in [0.25, 0.3) is 22.3 Å². The summed E-state index contributed by atoms with van der Waals surface area (Å²) in [7, 11) is 0. The van der Waals surface area contributed by atoms with Gasteiger partial charge in [0.1, 0.15) is 5.78 Å². The second-order valence-electron chi connectivity index (χ2n) is 8.58. The van der Waals surface area contributed by atoms with Crippen molar-refractivity contribution in [3.05, 3.63) is 83.4 Å². The number of aryl methyl sites for hydroxylation is 1. The van der Waals surface area contributed by atoms with Crippen LogP contribution in [0.15, 0.2) is 66.7 Å². The minimum atomic E-state index is -4.37. The maximum atomic E-state index is 13.0. The summed E-state index contributed by atoms with van der Waals surface area (Å²) in [4.78, 5) is 12.5. The van der Waals surface area contributed by atoms with E-state index in [1.807, 2.05) is 49.4 Å². The van der Waals surface area contributed by atoms with Gasteiger partial charge in [0.15, 0.2) is 0 Å². The molecule has 162 valence electrons. The van der Waals surface area contributed by atoms with Gasteiger partial charge in [-0.25, -0.2) is 0 Å². The molecule has 0 saturated carbocycles. The van der Waals surface area contributed by atoms with Crippen LogP contribution in [0.1, 0.15) is 49.8 Å². The van der Waals surface area contributed by atoms with Gasteiger partial charge >= 0.3 is 6.18 Å². The Morgan fingerprint density at radius 2 is 1.29 bits per heavy atom. The molecule has 0 spiro atoms. The summed E-state index contributed by atoms with van der Waals surface area (Å²) in [5.41, 5.74) is 4.81. The fraction of sp³-hybridized carbons (Fsp3) is 0.296. The summed E-state index contributed by atoms with van der Waals surface area (Å²) in [5, 5.41) is 0. The van der Waals surface area contributed by atoms with Crippen LogP contribution in [0.5, 0.6) is 0 Å². The lowest BCUT2D eigenvalue weighted by Crippen LogP contribution is -2.12. The van der Waals surface area contributed by atoms with E-state index in [-0.39, 0.29) is 11.7 Å². The third-order valence-corrected chi connectivity index (χ3v) is 5.49. The topological polar surface area (TPSA) is 17.1 Å². The van der Waals surface area contributed by atoms with Crippen LogP contribution >= 0.6 is 0 Å². The molecule has 0 amide bonds. The Hall–Kier alpha value is -2.88. The molecule has 0 aliphatic carbocycles. The molecule has 4 heteroatoms. The minimum Gasteiger partial charge on any atom is -0.299 e. The van der Waals surface area contributed by atoms with Gasteiger partial charge in [-0.1, -0.05) is 67.9 Å².